The summed E-state index contributed by atoms with van der Waals surface area (Å²) in [6, 6.07) is 4.27. The van der Waals surface area contributed by atoms with Gasteiger partial charge in [-0.15, -0.1) is 0 Å². The van der Waals surface area contributed by atoms with Crippen LogP contribution in [0.4, 0.5) is 11.4 Å². The number of piperidine rings is 2. The van der Waals surface area contributed by atoms with E-state index in [1.54, 1.807) is 6.07 Å². The zero-order chi connectivity index (χ0) is 22.5. The van der Waals surface area contributed by atoms with Crippen molar-refractivity contribution in [2.24, 2.45) is 17.6 Å². The number of carbonyl (C=O) groups is 3. The molecule has 2 aliphatic rings. The van der Waals surface area contributed by atoms with Gasteiger partial charge in [-0.3, -0.25) is 19.7 Å². The van der Waals surface area contributed by atoms with Gasteiger partial charge in [0.05, 0.1) is 10.5 Å². The second-order valence-corrected chi connectivity index (χ2v) is 8.26. The minimum absolute atomic E-state index is 0.0288. The van der Waals surface area contributed by atoms with E-state index in [0.717, 1.165) is 25.9 Å². The quantitative estimate of drug-likeness (QED) is 0.410. The number of esters is 1. The third kappa shape index (κ3) is 5.50. The van der Waals surface area contributed by atoms with E-state index in [0.29, 0.717) is 37.5 Å². The van der Waals surface area contributed by atoms with E-state index in [4.69, 9.17) is 10.5 Å². The summed E-state index contributed by atoms with van der Waals surface area (Å²) in [5.74, 6) is -1.19. The van der Waals surface area contributed by atoms with Crippen molar-refractivity contribution in [2.45, 2.75) is 32.6 Å². The summed E-state index contributed by atoms with van der Waals surface area (Å²) >= 11 is 0. The molecule has 0 unspecified atom stereocenters. The summed E-state index contributed by atoms with van der Waals surface area (Å²) in [7, 11) is 0. The Morgan fingerprint density at radius 1 is 1.13 bits per heavy atom. The van der Waals surface area contributed by atoms with Crippen LogP contribution in [0.2, 0.25) is 0 Å². The van der Waals surface area contributed by atoms with E-state index in [1.807, 2.05) is 4.90 Å². The number of nitrogens with two attached hydrogens (primary N) is 1. The lowest BCUT2D eigenvalue weighted by Gasteiger charge is -2.31. The Hall–Kier alpha value is -3.17. The van der Waals surface area contributed by atoms with E-state index in [9.17, 15) is 24.5 Å². The fourth-order valence-corrected chi connectivity index (χ4v) is 4.03. The SMILES string of the molecule is CC1CCN(c2ccc(C(=O)OCC(=O)N3CCC(C(N)=O)CC3)cc2[N+](=O)[O-])CC1. The molecule has 2 aliphatic heterocycles. The van der Waals surface area contributed by atoms with E-state index in [2.05, 4.69) is 6.92 Å². The Bertz CT molecular complexity index is 857. The molecule has 2 amide bonds. The van der Waals surface area contributed by atoms with Crippen molar-refractivity contribution < 1.29 is 24.0 Å². The van der Waals surface area contributed by atoms with Gasteiger partial charge in [0.15, 0.2) is 6.61 Å². The number of likely N-dealkylation sites (tertiary alicyclic amines) is 1. The van der Waals surface area contributed by atoms with Crippen molar-refractivity contribution in [3.63, 3.8) is 0 Å². The van der Waals surface area contributed by atoms with Crippen LogP contribution in [-0.2, 0) is 14.3 Å². The average molecular weight is 432 g/mol. The molecule has 0 aliphatic carbocycles. The van der Waals surface area contributed by atoms with Gasteiger partial charge < -0.3 is 20.3 Å². The Morgan fingerprint density at radius 3 is 2.35 bits per heavy atom. The average Bonchev–Trinajstić information content (AvgIpc) is 2.77. The van der Waals surface area contributed by atoms with Crippen LogP contribution in [0, 0.1) is 22.0 Å². The van der Waals surface area contributed by atoms with Gasteiger partial charge in [0, 0.05) is 38.2 Å². The summed E-state index contributed by atoms with van der Waals surface area (Å²) < 4.78 is 5.09. The van der Waals surface area contributed by atoms with Crippen LogP contribution < -0.4 is 10.6 Å². The molecular formula is C21H28N4O6. The van der Waals surface area contributed by atoms with Crippen LogP contribution in [0.25, 0.3) is 0 Å². The smallest absolute Gasteiger partial charge is 0.338 e. The van der Waals surface area contributed by atoms with Crippen molar-refractivity contribution in [3.8, 4) is 0 Å². The second-order valence-electron chi connectivity index (χ2n) is 8.26. The zero-order valence-electron chi connectivity index (χ0n) is 17.6. The number of ether oxygens (including phenoxy) is 1. The molecule has 31 heavy (non-hydrogen) atoms. The normalized spacial score (nSPS) is 18.0. The van der Waals surface area contributed by atoms with E-state index < -0.39 is 17.5 Å². The maximum Gasteiger partial charge on any atom is 0.338 e. The van der Waals surface area contributed by atoms with Gasteiger partial charge in [-0.25, -0.2) is 4.79 Å². The van der Waals surface area contributed by atoms with Crippen LogP contribution in [0.15, 0.2) is 18.2 Å². The highest BCUT2D eigenvalue weighted by molar-refractivity contribution is 5.93. The molecule has 0 aromatic heterocycles. The molecule has 3 rings (SSSR count). The maximum absolute atomic E-state index is 12.4. The van der Waals surface area contributed by atoms with Gasteiger partial charge >= 0.3 is 5.97 Å². The monoisotopic (exact) mass is 432 g/mol. The van der Waals surface area contributed by atoms with Gasteiger partial charge in [0.1, 0.15) is 5.69 Å². The Labute approximate surface area is 180 Å². The number of hydrogen-bond donors (Lipinski definition) is 1. The van der Waals surface area contributed by atoms with E-state index >= 15 is 0 Å². The lowest BCUT2D eigenvalue weighted by molar-refractivity contribution is -0.384. The van der Waals surface area contributed by atoms with Gasteiger partial charge in [-0.05, 0) is 43.7 Å². The second kappa shape index (κ2) is 9.76. The van der Waals surface area contributed by atoms with Crippen LogP contribution in [0.5, 0.6) is 0 Å². The van der Waals surface area contributed by atoms with Gasteiger partial charge in [0.25, 0.3) is 11.6 Å². The van der Waals surface area contributed by atoms with Crippen molar-refractivity contribution >= 4 is 29.2 Å². The molecule has 1 aromatic rings. The molecule has 10 nitrogen and oxygen atoms in total. The number of nitrogens with zero attached hydrogens (tertiary/aromatic N) is 3. The highest BCUT2D eigenvalue weighted by Gasteiger charge is 2.28. The lowest BCUT2D eigenvalue weighted by Crippen LogP contribution is -2.43. The first kappa shape index (κ1) is 22.5. The van der Waals surface area contributed by atoms with Crippen LogP contribution in [0.1, 0.15) is 43.0 Å². The van der Waals surface area contributed by atoms with E-state index in [1.165, 1.54) is 17.0 Å². The number of hydrogen-bond acceptors (Lipinski definition) is 7. The predicted octanol–water partition coefficient (Wildman–Crippen LogP) is 1.71. The number of benzene rings is 1. The van der Waals surface area contributed by atoms with Crippen molar-refractivity contribution in [1.82, 2.24) is 4.90 Å². The fraction of sp³-hybridized carbons (Fsp3) is 0.571. The van der Waals surface area contributed by atoms with Gasteiger partial charge in [-0.1, -0.05) is 6.92 Å². The molecule has 0 bridgehead atoms. The molecule has 0 radical (unpaired) electrons. The molecule has 2 saturated heterocycles. The standard InChI is InChI=1S/C21H28N4O6/c1-14-4-8-23(9-5-14)17-3-2-16(12-18(17)25(29)30)21(28)31-13-19(26)24-10-6-15(7-11-24)20(22)27/h2-3,12,14-15H,4-11,13H2,1H3,(H2,22,27). The highest BCUT2D eigenvalue weighted by atomic mass is 16.6. The summed E-state index contributed by atoms with van der Waals surface area (Å²) in [4.78, 5) is 50.5. The number of anilines is 1. The Kier molecular flexibility index (Phi) is 7.09. The number of rotatable bonds is 6. The third-order valence-corrected chi connectivity index (χ3v) is 6.11. The lowest BCUT2D eigenvalue weighted by atomic mass is 9.96. The zero-order valence-corrected chi connectivity index (χ0v) is 17.6. The topological polar surface area (TPSA) is 136 Å². The maximum atomic E-state index is 12.4. The number of nitro benzene ring substituents is 1. The number of carbonyl (C=O) groups excluding carboxylic acids is 3. The highest BCUT2D eigenvalue weighted by Crippen LogP contribution is 2.32. The molecule has 1 aromatic carbocycles. The van der Waals surface area contributed by atoms with Crippen LogP contribution in [0.3, 0.4) is 0 Å². The Balaban J connectivity index is 1.60. The molecule has 10 heteroatoms. The van der Waals surface area contributed by atoms with E-state index in [-0.39, 0.29) is 29.0 Å². The number of nitro groups is 1. The largest absolute Gasteiger partial charge is 0.452 e. The first-order chi connectivity index (χ1) is 14.8. The van der Waals surface area contributed by atoms with Crippen LogP contribution >= 0.6 is 0 Å². The number of amides is 2. The fourth-order valence-electron chi connectivity index (χ4n) is 4.03. The van der Waals surface area contributed by atoms with Crippen LogP contribution in [-0.4, -0.2) is 60.4 Å². The molecular weight excluding hydrogens is 404 g/mol. The Morgan fingerprint density at radius 2 is 1.77 bits per heavy atom. The molecule has 2 heterocycles. The summed E-state index contributed by atoms with van der Waals surface area (Å²) in [5, 5.41) is 11.6. The number of primary amides is 1. The predicted molar refractivity (Wildman–Crippen MR) is 112 cm³/mol. The van der Waals surface area contributed by atoms with Gasteiger partial charge in [-0.2, -0.15) is 0 Å². The first-order valence-electron chi connectivity index (χ1n) is 10.5. The molecule has 2 fully saturated rings. The summed E-state index contributed by atoms with van der Waals surface area (Å²) in [6.07, 6.45) is 2.88. The summed E-state index contributed by atoms with van der Waals surface area (Å²) in [5.41, 5.74) is 5.65. The molecule has 168 valence electrons. The van der Waals surface area contributed by atoms with Crippen molar-refractivity contribution in [1.29, 1.82) is 0 Å². The molecule has 0 atom stereocenters. The van der Waals surface area contributed by atoms with Crippen molar-refractivity contribution in [2.75, 3.05) is 37.7 Å². The summed E-state index contributed by atoms with van der Waals surface area (Å²) in [6.45, 7) is 3.91. The van der Waals surface area contributed by atoms with Crippen molar-refractivity contribution in [3.05, 3.63) is 33.9 Å². The third-order valence-electron chi connectivity index (χ3n) is 6.11. The minimum Gasteiger partial charge on any atom is -0.452 e. The van der Waals surface area contributed by atoms with Gasteiger partial charge in [0.2, 0.25) is 5.91 Å². The first-order valence-corrected chi connectivity index (χ1v) is 10.5. The molecule has 2 N–H and O–H groups in total. The molecule has 0 spiro atoms. The minimum atomic E-state index is -0.790. The molecule has 0 saturated carbocycles.